The van der Waals surface area contributed by atoms with Crippen LogP contribution in [0, 0.1) is 5.92 Å². The van der Waals surface area contributed by atoms with Crippen LogP contribution in [0.5, 0.6) is 0 Å². The van der Waals surface area contributed by atoms with Gasteiger partial charge in [-0.15, -0.1) is 0 Å². The summed E-state index contributed by atoms with van der Waals surface area (Å²) in [6.45, 7) is 4.05. The Bertz CT molecular complexity index is 285. The summed E-state index contributed by atoms with van der Waals surface area (Å²) in [5, 5.41) is 0. The summed E-state index contributed by atoms with van der Waals surface area (Å²) in [6.07, 6.45) is 6.91. The molecule has 0 unspecified atom stereocenters. The van der Waals surface area contributed by atoms with Gasteiger partial charge < -0.3 is 9.47 Å². The SMILES string of the molecule is CC(C)C=C1OC2(CCCCC2)OC1=O. The predicted molar refractivity (Wildman–Crippen MR) is 55.9 cm³/mol. The Morgan fingerprint density at radius 2 is 1.87 bits per heavy atom. The molecule has 1 aliphatic carbocycles. The third kappa shape index (κ3) is 2.16. The van der Waals surface area contributed by atoms with E-state index >= 15 is 0 Å². The van der Waals surface area contributed by atoms with E-state index in [0.717, 1.165) is 25.7 Å². The highest BCUT2D eigenvalue weighted by atomic mass is 16.8. The molecule has 0 bridgehead atoms. The molecule has 1 aliphatic heterocycles. The third-order valence-corrected chi connectivity index (χ3v) is 2.88. The van der Waals surface area contributed by atoms with E-state index in [9.17, 15) is 4.79 Å². The highest BCUT2D eigenvalue weighted by Crippen LogP contribution is 2.39. The topological polar surface area (TPSA) is 35.5 Å². The molecule has 0 aromatic rings. The van der Waals surface area contributed by atoms with Gasteiger partial charge in [-0.3, -0.25) is 0 Å². The average Bonchev–Trinajstić information content (AvgIpc) is 2.43. The lowest BCUT2D eigenvalue weighted by molar-refractivity contribution is -0.182. The Labute approximate surface area is 90.4 Å². The zero-order valence-electron chi connectivity index (χ0n) is 9.41. The summed E-state index contributed by atoms with van der Waals surface area (Å²) in [5.41, 5.74) is 0. The second-order valence-electron chi connectivity index (χ2n) is 4.74. The molecule has 15 heavy (non-hydrogen) atoms. The molecule has 0 radical (unpaired) electrons. The highest BCUT2D eigenvalue weighted by Gasteiger charge is 2.46. The van der Waals surface area contributed by atoms with Crippen molar-refractivity contribution < 1.29 is 14.3 Å². The number of carbonyl (C=O) groups is 1. The quantitative estimate of drug-likeness (QED) is 0.493. The van der Waals surface area contributed by atoms with Crippen LogP contribution in [0.1, 0.15) is 46.0 Å². The molecule has 84 valence electrons. The summed E-state index contributed by atoms with van der Waals surface area (Å²) < 4.78 is 11.1. The molecule has 3 heteroatoms. The maximum absolute atomic E-state index is 11.6. The first-order valence-electron chi connectivity index (χ1n) is 5.75. The van der Waals surface area contributed by atoms with Crippen LogP contribution in [0.25, 0.3) is 0 Å². The van der Waals surface area contributed by atoms with Crippen molar-refractivity contribution in [2.75, 3.05) is 0 Å². The van der Waals surface area contributed by atoms with Crippen molar-refractivity contribution in [1.82, 2.24) is 0 Å². The van der Waals surface area contributed by atoms with Crippen molar-refractivity contribution in [2.45, 2.75) is 51.7 Å². The lowest BCUT2D eigenvalue weighted by Crippen LogP contribution is -2.32. The minimum absolute atomic E-state index is 0.286. The highest BCUT2D eigenvalue weighted by molar-refractivity contribution is 5.88. The molecular formula is C12H18O3. The van der Waals surface area contributed by atoms with Crippen molar-refractivity contribution in [2.24, 2.45) is 5.92 Å². The first kappa shape index (κ1) is 10.5. The number of hydrogen-bond donors (Lipinski definition) is 0. The van der Waals surface area contributed by atoms with Gasteiger partial charge in [0.2, 0.25) is 5.76 Å². The van der Waals surface area contributed by atoms with Crippen LogP contribution >= 0.6 is 0 Å². The largest absolute Gasteiger partial charge is 0.445 e. The van der Waals surface area contributed by atoms with Gasteiger partial charge in [0.1, 0.15) is 0 Å². The fraction of sp³-hybridized carbons (Fsp3) is 0.750. The smallest absolute Gasteiger partial charge is 0.376 e. The standard InChI is InChI=1S/C12H18O3/c1-9(2)8-10-11(13)15-12(14-10)6-4-3-5-7-12/h8-9H,3-7H2,1-2H3. The predicted octanol–water partition coefficient (Wildman–Crippen LogP) is 2.76. The summed E-state index contributed by atoms with van der Waals surface area (Å²) in [7, 11) is 0. The molecule has 1 spiro atoms. The van der Waals surface area contributed by atoms with Crippen molar-refractivity contribution >= 4 is 5.97 Å². The Kier molecular flexibility index (Phi) is 2.72. The van der Waals surface area contributed by atoms with E-state index in [1.807, 2.05) is 19.9 Å². The van der Waals surface area contributed by atoms with Crippen LogP contribution in [-0.2, 0) is 14.3 Å². The van der Waals surface area contributed by atoms with Gasteiger partial charge in [0, 0.05) is 12.8 Å². The van der Waals surface area contributed by atoms with E-state index < -0.39 is 5.79 Å². The fourth-order valence-corrected chi connectivity index (χ4v) is 2.18. The number of carbonyl (C=O) groups excluding carboxylic acids is 1. The normalized spacial score (nSPS) is 27.1. The fourth-order valence-electron chi connectivity index (χ4n) is 2.18. The van der Waals surface area contributed by atoms with Crippen LogP contribution in [-0.4, -0.2) is 11.8 Å². The van der Waals surface area contributed by atoms with Crippen molar-refractivity contribution in [3.05, 3.63) is 11.8 Å². The van der Waals surface area contributed by atoms with E-state index in [0.29, 0.717) is 11.7 Å². The first-order chi connectivity index (χ1) is 7.11. The summed E-state index contributed by atoms with van der Waals surface area (Å²) in [6, 6.07) is 0. The lowest BCUT2D eigenvalue weighted by atomic mass is 9.94. The van der Waals surface area contributed by atoms with Crippen LogP contribution in [0.3, 0.4) is 0 Å². The molecule has 0 aromatic carbocycles. The summed E-state index contributed by atoms with van der Waals surface area (Å²) in [4.78, 5) is 11.6. The van der Waals surface area contributed by atoms with E-state index in [4.69, 9.17) is 9.47 Å². The Morgan fingerprint density at radius 1 is 1.20 bits per heavy atom. The molecule has 0 amide bonds. The van der Waals surface area contributed by atoms with E-state index in [1.54, 1.807) is 0 Å². The molecule has 0 N–H and O–H groups in total. The van der Waals surface area contributed by atoms with E-state index in [1.165, 1.54) is 6.42 Å². The monoisotopic (exact) mass is 210 g/mol. The molecule has 2 rings (SSSR count). The molecule has 1 saturated heterocycles. The minimum Gasteiger partial charge on any atom is -0.445 e. The second kappa shape index (κ2) is 3.87. The Balaban J connectivity index is 2.11. The number of allylic oxidation sites excluding steroid dienone is 1. The number of esters is 1. The van der Waals surface area contributed by atoms with Gasteiger partial charge in [0.25, 0.3) is 5.79 Å². The first-order valence-corrected chi connectivity index (χ1v) is 5.75. The van der Waals surface area contributed by atoms with Gasteiger partial charge in [-0.1, -0.05) is 20.3 Å². The van der Waals surface area contributed by atoms with Gasteiger partial charge in [0.05, 0.1) is 0 Å². The van der Waals surface area contributed by atoms with Crippen LogP contribution in [0.15, 0.2) is 11.8 Å². The van der Waals surface area contributed by atoms with Gasteiger partial charge in [-0.25, -0.2) is 4.79 Å². The van der Waals surface area contributed by atoms with Crippen LogP contribution < -0.4 is 0 Å². The molecule has 0 atom stereocenters. The zero-order valence-corrected chi connectivity index (χ0v) is 9.41. The Morgan fingerprint density at radius 3 is 2.47 bits per heavy atom. The molecule has 0 aromatic heterocycles. The van der Waals surface area contributed by atoms with Crippen molar-refractivity contribution in [3.63, 3.8) is 0 Å². The van der Waals surface area contributed by atoms with Gasteiger partial charge in [0.15, 0.2) is 0 Å². The molecular weight excluding hydrogens is 192 g/mol. The van der Waals surface area contributed by atoms with Gasteiger partial charge in [-0.2, -0.15) is 0 Å². The number of rotatable bonds is 1. The maximum Gasteiger partial charge on any atom is 0.376 e. The lowest BCUT2D eigenvalue weighted by Gasteiger charge is -2.29. The molecule has 1 saturated carbocycles. The maximum atomic E-state index is 11.6. The molecule has 2 aliphatic rings. The number of ether oxygens (including phenoxy) is 2. The van der Waals surface area contributed by atoms with Gasteiger partial charge >= 0.3 is 5.97 Å². The second-order valence-corrected chi connectivity index (χ2v) is 4.74. The summed E-state index contributed by atoms with van der Waals surface area (Å²) >= 11 is 0. The third-order valence-electron chi connectivity index (χ3n) is 2.88. The zero-order chi connectivity index (χ0) is 10.9. The minimum atomic E-state index is -0.615. The van der Waals surface area contributed by atoms with Crippen molar-refractivity contribution in [3.8, 4) is 0 Å². The van der Waals surface area contributed by atoms with Crippen LogP contribution in [0.4, 0.5) is 0 Å². The molecule has 2 fully saturated rings. The number of hydrogen-bond acceptors (Lipinski definition) is 3. The molecule has 1 heterocycles. The Hall–Kier alpha value is -0.990. The molecule has 3 nitrogen and oxygen atoms in total. The average molecular weight is 210 g/mol. The van der Waals surface area contributed by atoms with E-state index in [-0.39, 0.29) is 5.97 Å². The summed E-state index contributed by atoms with van der Waals surface area (Å²) in [5.74, 6) is -0.181. The van der Waals surface area contributed by atoms with Crippen LogP contribution in [0.2, 0.25) is 0 Å². The van der Waals surface area contributed by atoms with Crippen molar-refractivity contribution in [1.29, 1.82) is 0 Å². The van der Waals surface area contributed by atoms with Gasteiger partial charge in [-0.05, 0) is 24.8 Å². The van der Waals surface area contributed by atoms with E-state index in [2.05, 4.69) is 0 Å².